The van der Waals surface area contributed by atoms with Crippen LogP contribution in [0.25, 0.3) is 0 Å². The second kappa shape index (κ2) is 10.7. The third-order valence-electron chi connectivity index (χ3n) is 5.28. The van der Waals surface area contributed by atoms with E-state index in [-0.39, 0.29) is 17.9 Å². The van der Waals surface area contributed by atoms with Gasteiger partial charge in [-0.2, -0.15) is 0 Å². The number of aryl methyl sites for hydroxylation is 1. The maximum Gasteiger partial charge on any atom is 0.250 e. The summed E-state index contributed by atoms with van der Waals surface area (Å²) < 4.78 is 21.4. The number of methoxy groups -OCH3 is 3. The van der Waals surface area contributed by atoms with Gasteiger partial charge in [0.05, 0.1) is 45.8 Å². The van der Waals surface area contributed by atoms with E-state index in [1.54, 1.807) is 38.5 Å². The fourth-order valence-electron chi connectivity index (χ4n) is 3.61. The minimum atomic E-state index is -0.597. The average Bonchev–Trinajstić information content (AvgIpc) is 2.82. The first-order valence-corrected chi connectivity index (χ1v) is 10.3. The maximum absolute atomic E-state index is 12.6. The van der Waals surface area contributed by atoms with Crippen LogP contribution in [0.15, 0.2) is 30.3 Å². The van der Waals surface area contributed by atoms with Gasteiger partial charge in [0.25, 0.3) is 5.91 Å². The number of carbonyl (C=O) groups is 2. The van der Waals surface area contributed by atoms with Crippen LogP contribution in [0.2, 0.25) is 0 Å². The SMILES string of the molecule is COc1cc(CCC(=O)Nc2ccc(N3CCOCC3)cc2C(N)=O)cc(OC)c1OC. The van der Waals surface area contributed by atoms with Crippen molar-refractivity contribution in [2.75, 3.05) is 57.8 Å². The molecule has 9 heteroatoms. The predicted octanol–water partition coefficient (Wildman–Crippen LogP) is 2.22. The summed E-state index contributed by atoms with van der Waals surface area (Å²) in [6, 6.07) is 8.90. The molecule has 0 spiro atoms. The highest BCUT2D eigenvalue weighted by Gasteiger charge is 2.18. The minimum Gasteiger partial charge on any atom is -0.493 e. The molecule has 1 aliphatic rings. The van der Waals surface area contributed by atoms with Gasteiger partial charge in [0, 0.05) is 25.2 Å². The summed E-state index contributed by atoms with van der Waals surface area (Å²) in [4.78, 5) is 26.7. The summed E-state index contributed by atoms with van der Waals surface area (Å²) in [5, 5.41) is 2.80. The highest BCUT2D eigenvalue weighted by molar-refractivity contribution is 6.03. The number of amides is 2. The highest BCUT2D eigenvalue weighted by atomic mass is 16.5. The van der Waals surface area contributed by atoms with E-state index in [2.05, 4.69) is 10.2 Å². The summed E-state index contributed by atoms with van der Waals surface area (Å²) in [7, 11) is 4.62. The molecule has 32 heavy (non-hydrogen) atoms. The molecule has 0 aromatic heterocycles. The molecular weight excluding hydrogens is 414 g/mol. The number of hydrogen-bond acceptors (Lipinski definition) is 7. The number of nitrogens with one attached hydrogen (secondary N) is 1. The number of nitrogens with zero attached hydrogens (tertiary/aromatic N) is 1. The van der Waals surface area contributed by atoms with Crippen molar-refractivity contribution in [2.45, 2.75) is 12.8 Å². The first-order chi connectivity index (χ1) is 15.5. The number of nitrogens with two attached hydrogens (primary N) is 1. The maximum atomic E-state index is 12.6. The lowest BCUT2D eigenvalue weighted by atomic mass is 10.1. The van der Waals surface area contributed by atoms with E-state index in [0.29, 0.717) is 42.6 Å². The van der Waals surface area contributed by atoms with Gasteiger partial charge in [0.2, 0.25) is 11.7 Å². The Bertz CT molecular complexity index is 947. The first kappa shape index (κ1) is 23.2. The van der Waals surface area contributed by atoms with Gasteiger partial charge in [0.1, 0.15) is 0 Å². The number of primary amides is 1. The van der Waals surface area contributed by atoms with E-state index in [4.69, 9.17) is 24.7 Å². The normalized spacial score (nSPS) is 13.4. The average molecular weight is 444 g/mol. The lowest BCUT2D eigenvalue weighted by Crippen LogP contribution is -2.36. The molecular formula is C23H29N3O6. The fourth-order valence-corrected chi connectivity index (χ4v) is 3.61. The minimum absolute atomic E-state index is 0.196. The van der Waals surface area contributed by atoms with E-state index < -0.39 is 5.91 Å². The summed E-state index contributed by atoms with van der Waals surface area (Å²) in [6.07, 6.45) is 0.641. The number of morpholine rings is 1. The molecule has 0 bridgehead atoms. The zero-order chi connectivity index (χ0) is 23.1. The monoisotopic (exact) mass is 443 g/mol. The topological polar surface area (TPSA) is 112 Å². The van der Waals surface area contributed by atoms with Crippen LogP contribution in [-0.4, -0.2) is 59.4 Å². The Morgan fingerprint density at radius 1 is 1.03 bits per heavy atom. The van der Waals surface area contributed by atoms with Gasteiger partial charge in [-0.15, -0.1) is 0 Å². The first-order valence-electron chi connectivity index (χ1n) is 10.3. The van der Waals surface area contributed by atoms with Crippen LogP contribution in [0.1, 0.15) is 22.3 Å². The molecule has 3 N–H and O–H groups in total. The number of rotatable bonds is 9. The third-order valence-corrected chi connectivity index (χ3v) is 5.28. The lowest BCUT2D eigenvalue weighted by Gasteiger charge is -2.29. The van der Waals surface area contributed by atoms with Crippen molar-refractivity contribution in [3.8, 4) is 17.2 Å². The van der Waals surface area contributed by atoms with E-state index in [0.717, 1.165) is 24.3 Å². The van der Waals surface area contributed by atoms with Crippen molar-refractivity contribution in [1.82, 2.24) is 0 Å². The van der Waals surface area contributed by atoms with Crippen LogP contribution in [0, 0.1) is 0 Å². The van der Waals surface area contributed by atoms with Gasteiger partial charge in [-0.1, -0.05) is 0 Å². The third kappa shape index (κ3) is 5.42. The Morgan fingerprint density at radius 2 is 1.69 bits per heavy atom. The number of hydrogen-bond donors (Lipinski definition) is 2. The van der Waals surface area contributed by atoms with E-state index >= 15 is 0 Å². The molecule has 2 aromatic rings. The smallest absolute Gasteiger partial charge is 0.250 e. The molecule has 2 aromatic carbocycles. The van der Waals surface area contributed by atoms with Crippen molar-refractivity contribution in [2.24, 2.45) is 5.73 Å². The van der Waals surface area contributed by atoms with Gasteiger partial charge in [-0.3, -0.25) is 9.59 Å². The molecule has 3 rings (SSSR count). The molecule has 0 unspecified atom stereocenters. The second-order valence-corrected chi connectivity index (χ2v) is 7.28. The van der Waals surface area contributed by atoms with Crippen LogP contribution in [0.3, 0.4) is 0 Å². The van der Waals surface area contributed by atoms with Crippen molar-refractivity contribution in [1.29, 1.82) is 0 Å². The van der Waals surface area contributed by atoms with E-state index in [1.807, 2.05) is 6.07 Å². The van der Waals surface area contributed by atoms with Crippen LogP contribution >= 0.6 is 0 Å². The van der Waals surface area contributed by atoms with Crippen molar-refractivity contribution < 1.29 is 28.5 Å². The summed E-state index contributed by atoms with van der Waals surface area (Å²) in [5.41, 5.74) is 7.96. The molecule has 0 atom stereocenters. The molecule has 0 saturated carbocycles. The quantitative estimate of drug-likeness (QED) is 0.611. The lowest BCUT2D eigenvalue weighted by molar-refractivity contribution is -0.116. The molecule has 1 heterocycles. The van der Waals surface area contributed by atoms with E-state index in [9.17, 15) is 9.59 Å². The predicted molar refractivity (Wildman–Crippen MR) is 121 cm³/mol. The Hall–Kier alpha value is -3.46. The van der Waals surface area contributed by atoms with Crippen molar-refractivity contribution in [3.05, 3.63) is 41.5 Å². The number of benzene rings is 2. The van der Waals surface area contributed by atoms with Crippen molar-refractivity contribution >= 4 is 23.2 Å². The molecule has 1 saturated heterocycles. The van der Waals surface area contributed by atoms with Crippen LogP contribution in [0.5, 0.6) is 17.2 Å². The van der Waals surface area contributed by atoms with Gasteiger partial charge in [0.15, 0.2) is 11.5 Å². The standard InChI is InChI=1S/C23H29N3O6/c1-29-19-12-15(13-20(30-2)22(19)31-3)4-7-21(27)25-18-6-5-16(14-17(18)23(24)28)26-8-10-32-11-9-26/h5-6,12-14H,4,7-11H2,1-3H3,(H2,24,28)(H,25,27). The molecule has 1 aliphatic heterocycles. The van der Waals surface area contributed by atoms with Gasteiger partial charge >= 0.3 is 0 Å². The zero-order valence-corrected chi connectivity index (χ0v) is 18.6. The largest absolute Gasteiger partial charge is 0.493 e. The number of anilines is 2. The van der Waals surface area contributed by atoms with E-state index in [1.165, 1.54) is 7.11 Å². The molecule has 0 radical (unpaired) electrons. The van der Waals surface area contributed by atoms with Crippen molar-refractivity contribution in [3.63, 3.8) is 0 Å². The Labute approximate surface area is 187 Å². The molecule has 2 amide bonds. The van der Waals surface area contributed by atoms with Gasteiger partial charge < -0.3 is 34.9 Å². The molecule has 1 fully saturated rings. The zero-order valence-electron chi connectivity index (χ0n) is 18.6. The molecule has 0 aliphatic carbocycles. The van der Waals surface area contributed by atoms with Crippen LogP contribution in [-0.2, 0) is 16.0 Å². The van der Waals surface area contributed by atoms with Gasteiger partial charge in [-0.25, -0.2) is 0 Å². The number of carbonyl (C=O) groups excluding carboxylic acids is 2. The molecule has 9 nitrogen and oxygen atoms in total. The Morgan fingerprint density at radius 3 is 2.25 bits per heavy atom. The summed E-state index contributed by atoms with van der Waals surface area (Å²) in [6.45, 7) is 2.73. The summed E-state index contributed by atoms with van der Waals surface area (Å²) in [5.74, 6) is 0.712. The Balaban J connectivity index is 1.70. The van der Waals surface area contributed by atoms with Crippen LogP contribution in [0.4, 0.5) is 11.4 Å². The fraction of sp³-hybridized carbons (Fsp3) is 0.391. The number of ether oxygens (including phenoxy) is 4. The highest BCUT2D eigenvalue weighted by Crippen LogP contribution is 2.38. The van der Waals surface area contributed by atoms with Gasteiger partial charge in [-0.05, 0) is 42.3 Å². The van der Waals surface area contributed by atoms with Crippen LogP contribution < -0.4 is 30.2 Å². The second-order valence-electron chi connectivity index (χ2n) is 7.28. The molecule has 172 valence electrons. The Kier molecular flexibility index (Phi) is 7.77. The summed E-state index contributed by atoms with van der Waals surface area (Å²) >= 11 is 0.